The molecule has 1 aromatic carbocycles. The maximum absolute atomic E-state index is 13.0. The van der Waals surface area contributed by atoms with E-state index in [9.17, 15) is 4.79 Å². The minimum absolute atomic E-state index is 0.0580. The maximum Gasteiger partial charge on any atom is 0.240 e. The number of amides is 1. The van der Waals surface area contributed by atoms with E-state index in [-0.39, 0.29) is 5.25 Å². The van der Waals surface area contributed by atoms with Gasteiger partial charge in [0.15, 0.2) is 0 Å². The zero-order valence-electron chi connectivity index (χ0n) is 11.9. The molecule has 108 valence electrons. The molecule has 3 rings (SSSR count). The number of thioether (sulfide) groups is 1. The van der Waals surface area contributed by atoms with Gasteiger partial charge in [0.2, 0.25) is 5.91 Å². The number of carbonyl (C=O) groups excluding carboxylic acids is 1. The van der Waals surface area contributed by atoms with Crippen molar-refractivity contribution >= 4 is 17.7 Å². The van der Waals surface area contributed by atoms with Gasteiger partial charge >= 0.3 is 0 Å². The molecule has 1 amide bonds. The van der Waals surface area contributed by atoms with Gasteiger partial charge in [0.1, 0.15) is 5.25 Å². The Balaban J connectivity index is 1.83. The lowest BCUT2D eigenvalue weighted by Crippen LogP contribution is -2.44. The number of hydrogen-bond donors (Lipinski definition) is 1. The van der Waals surface area contributed by atoms with E-state index in [0.29, 0.717) is 18.0 Å². The second-order valence-electron chi connectivity index (χ2n) is 5.65. The Morgan fingerprint density at radius 3 is 2.75 bits per heavy atom. The molecule has 20 heavy (non-hydrogen) atoms. The molecule has 2 aliphatic rings. The molecule has 0 aromatic heterocycles. The van der Waals surface area contributed by atoms with Crippen molar-refractivity contribution in [3.63, 3.8) is 0 Å². The minimum atomic E-state index is -0.0580. The second-order valence-corrected chi connectivity index (χ2v) is 6.59. The Morgan fingerprint density at radius 2 is 2.00 bits per heavy atom. The first-order valence-electron chi connectivity index (χ1n) is 7.42. The quantitative estimate of drug-likeness (QED) is 0.928. The molecule has 0 aliphatic carbocycles. The zero-order chi connectivity index (χ0) is 13.9. The predicted molar refractivity (Wildman–Crippen MR) is 83.8 cm³/mol. The van der Waals surface area contributed by atoms with Crippen molar-refractivity contribution < 1.29 is 4.79 Å². The van der Waals surface area contributed by atoms with Crippen LogP contribution in [0.4, 0.5) is 0 Å². The number of nitrogens with zero attached hydrogens (tertiary/aromatic N) is 1. The van der Waals surface area contributed by atoms with Crippen molar-refractivity contribution in [3.05, 3.63) is 35.9 Å². The number of hydrogen-bond acceptors (Lipinski definition) is 3. The fourth-order valence-corrected chi connectivity index (χ4v) is 4.24. The molecule has 4 heteroatoms. The number of nitrogens with one attached hydrogen (secondary N) is 1. The largest absolute Gasteiger partial charge is 0.334 e. The minimum Gasteiger partial charge on any atom is -0.334 e. The molecule has 2 heterocycles. The molecular formula is C16H22N2OS. The van der Waals surface area contributed by atoms with E-state index in [4.69, 9.17) is 0 Å². The van der Waals surface area contributed by atoms with Crippen molar-refractivity contribution in [2.45, 2.75) is 36.6 Å². The van der Waals surface area contributed by atoms with Gasteiger partial charge in [0, 0.05) is 18.6 Å². The zero-order valence-corrected chi connectivity index (χ0v) is 12.7. The molecule has 2 saturated heterocycles. The average Bonchev–Trinajstić information content (AvgIpc) is 2.74. The third-order valence-corrected chi connectivity index (χ3v) is 5.42. The van der Waals surface area contributed by atoms with Crippen LogP contribution in [0.5, 0.6) is 0 Å². The van der Waals surface area contributed by atoms with Crippen LogP contribution in [0.25, 0.3) is 0 Å². The molecule has 2 bridgehead atoms. The van der Waals surface area contributed by atoms with Crippen LogP contribution in [-0.2, 0) is 4.79 Å². The van der Waals surface area contributed by atoms with Crippen LogP contribution < -0.4 is 5.32 Å². The summed E-state index contributed by atoms with van der Waals surface area (Å²) in [6.45, 7) is 2.00. The van der Waals surface area contributed by atoms with Crippen LogP contribution >= 0.6 is 11.8 Å². The Morgan fingerprint density at radius 1 is 1.25 bits per heavy atom. The van der Waals surface area contributed by atoms with Gasteiger partial charge in [-0.1, -0.05) is 30.3 Å². The van der Waals surface area contributed by atoms with Gasteiger partial charge < -0.3 is 10.2 Å². The van der Waals surface area contributed by atoms with Crippen molar-refractivity contribution in [2.24, 2.45) is 0 Å². The van der Waals surface area contributed by atoms with Crippen LogP contribution in [0.15, 0.2) is 30.3 Å². The van der Waals surface area contributed by atoms with Gasteiger partial charge in [0.25, 0.3) is 0 Å². The molecule has 0 radical (unpaired) electrons. The Bertz CT molecular complexity index is 451. The first-order chi connectivity index (χ1) is 9.81. The molecule has 2 aliphatic heterocycles. The topological polar surface area (TPSA) is 32.3 Å². The monoisotopic (exact) mass is 290 g/mol. The first-order valence-corrected chi connectivity index (χ1v) is 8.70. The van der Waals surface area contributed by atoms with Gasteiger partial charge in [-0.25, -0.2) is 0 Å². The van der Waals surface area contributed by atoms with Gasteiger partial charge in [0.05, 0.1) is 0 Å². The van der Waals surface area contributed by atoms with Crippen LogP contribution in [-0.4, -0.2) is 42.2 Å². The SMILES string of the molecule is CSC(C(=O)N1C2CCNCC1CC2)c1ccccc1. The molecule has 1 N–H and O–H groups in total. The van der Waals surface area contributed by atoms with Crippen molar-refractivity contribution in [1.82, 2.24) is 10.2 Å². The predicted octanol–water partition coefficient (Wildman–Crippen LogP) is 2.44. The van der Waals surface area contributed by atoms with Crippen molar-refractivity contribution in [1.29, 1.82) is 0 Å². The van der Waals surface area contributed by atoms with Crippen LogP contribution in [0.3, 0.4) is 0 Å². The number of fused-ring (bicyclic) bond motifs is 2. The third kappa shape index (κ3) is 2.59. The Labute approximate surface area is 125 Å². The summed E-state index contributed by atoms with van der Waals surface area (Å²) in [5.74, 6) is 0.305. The fourth-order valence-electron chi connectivity index (χ4n) is 3.48. The van der Waals surface area contributed by atoms with E-state index in [1.165, 1.54) is 6.42 Å². The molecule has 3 unspecified atom stereocenters. The first kappa shape index (κ1) is 14.0. The number of carbonyl (C=O) groups is 1. The van der Waals surface area contributed by atoms with E-state index in [1.54, 1.807) is 11.8 Å². The van der Waals surface area contributed by atoms with E-state index >= 15 is 0 Å². The van der Waals surface area contributed by atoms with Crippen molar-refractivity contribution in [3.8, 4) is 0 Å². The van der Waals surface area contributed by atoms with Crippen LogP contribution in [0.2, 0.25) is 0 Å². The van der Waals surface area contributed by atoms with E-state index in [2.05, 4.69) is 22.3 Å². The molecule has 1 aromatic rings. The standard InChI is InChI=1S/C16H22N2OS/c1-20-15(12-5-3-2-4-6-12)16(19)18-13-7-8-14(18)11-17-10-9-13/h2-6,13-15,17H,7-11H2,1H3. The molecular weight excluding hydrogens is 268 g/mol. The van der Waals surface area contributed by atoms with Crippen LogP contribution in [0.1, 0.15) is 30.1 Å². The van der Waals surface area contributed by atoms with Crippen molar-refractivity contribution in [2.75, 3.05) is 19.3 Å². The summed E-state index contributed by atoms with van der Waals surface area (Å²) in [6, 6.07) is 11.0. The van der Waals surface area contributed by atoms with Gasteiger partial charge in [-0.05, 0) is 37.6 Å². The van der Waals surface area contributed by atoms with E-state index in [1.807, 2.05) is 24.5 Å². The second kappa shape index (κ2) is 6.19. The smallest absolute Gasteiger partial charge is 0.240 e. The summed E-state index contributed by atoms with van der Waals surface area (Å²) < 4.78 is 0. The highest BCUT2D eigenvalue weighted by molar-refractivity contribution is 7.99. The lowest BCUT2D eigenvalue weighted by molar-refractivity contribution is -0.133. The summed E-state index contributed by atoms with van der Waals surface area (Å²) in [6.07, 6.45) is 5.46. The highest BCUT2D eigenvalue weighted by atomic mass is 32.2. The fraction of sp³-hybridized carbons (Fsp3) is 0.562. The lowest BCUT2D eigenvalue weighted by Gasteiger charge is -2.31. The summed E-state index contributed by atoms with van der Waals surface area (Å²) >= 11 is 1.65. The van der Waals surface area contributed by atoms with E-state index < -0.39 is 0 Å². The van der Waals surface area contributed by atoms with Gasteiger partial charge in [-0.15, -0.1) is 11.8 Å². The van der Waals surface area contributed by atoms with Crippen LogP contribution in [0, 0.1) is 0 Å². The molecule has 2 fully saturated rings. The Hall–Kier alpha value is -1.00. The highest BCUT2D eigenvalue weighted by Gasteiger charge is 2.40. The normalized spacial score (nSPS) is 27.1. The Kier molecular flexibility index (Phi) is 4.32. The van der Waals surface area contributed by atoms with Gasteiger partial charge in [-0.3, -0.25) is 4.79 Å². The summed E-state index contributed by atoms with van der Waals surface area (Å²) in [4.78, 5) is 15.2. The highest BCUT2D eigenvalue weighted by Crippen LogP contribution is 2.35. The summed E-state index contributed by atoms with van der Waals surface area (Å²) in [5.41, 5.74) is 1.13. The van der Waals surface area contributed by atoms with Gasteiger partial charge in [-0.2, -0.15) is 0 Å². The summed E-state index contributed by atoms with van der Waals surface area (Å²) in [5, 5.41) is 3.40. The average molecular weight is 290 g/mol. The third-order valence-electron chi connectivity index (χ3n) is 4.47. The number of rotatable bonds is 3. The molecule has 0 spiro atoms. The summed E-state index contributed by atoms with van der Waals surface area (Å²) in [7, 11) is 0. The lowest BCUT2D eigenvalue weighted by atomic mass is 10.1. The van der Waals surface area contributed by atoms with E-state index in [0.717, 1.165) is 31.5 Å². The molecule has 3 atom stereocenters. The maximum atomic E-state index is 13.0. The molecule has 3 nitrogen and oxygen atoms in total. The number of benzene rings is 1. The molecule has 0 saturated carbocycles.